The molecule has 1 atom stereocenters. The molecule has 1 spiro atoms. The van der Waals surface area contributed by atoms with Gasteiger partial charge in [-0.1, -0.05) is 0 Å². The van der Waals surface area contributed by atoms with Crippen LogP contribution >= 0.6 is 0 Å². The Morgan fingerprint density at radius 1 is 1.23 bits per heavy atom. The minimum atomic E-state index is -4.45. The van der Waals surface area contributed by atoms with Crippen molar-refractivity contribution in [2.45, 2.75) is 75.5 Å². The first-order valence-corrected chi connectivity index (χ1v) is 13.3. The number of aromatic amines is 1. The second-order valence-corrected chi connectivity index (χ2v) is 11.1. The third-order valence-electron chi connectivity index (χ3n) is 8.78. The van der Waals surface area contributed by atoms with Crippen molar-refractivity contribution in [3.8, 4) is 23.2 Å². The molecule has 5 rings (SSSR count). The lowest BCUT2D eigenvalue weighted by molar-refractivity contribution is -0.234. The zero-order valence-corrected chi connectivity index (χ0v) is 22.0. The average Bonchev–Trinajstić information content (AvgIpc) is 3.50. The molecule has 1 saturated heterocycles. The molecule has 3 fully saturated rings. The number of carbonyl (C=O) groups is 2. The number of hydrogen-bond acceptors (Lipinski definition) is 6. The number of hydrogen-bond donors (Lipinski definition) is 2. The summed E-state index contributed by atoms with van der Waals surface area (Å²) in [6.45, 7) is 0.334. The smallest absolute Gasteiger partial charge is 0.395 e. The number of halogens is 4. The standard InChI is InChI=1S/C27H30F4N6O3/c1-40-22-12-18(19(28)15-33-22)20-13-21(36-35-20)24(39)37-11-4-16(14-26(37)7-8-26)23(38)34-17-2-5-25(6-3-17,9-10-32)27(29,30)31/h12-13,15-17H,2-9,11,14H2,1H3,(H,34,38)(H,35,36)/t16-,17-,25-/m0/s1. The van der Waals surface area contributed by atoms with Gasteiger partial charge in [-0.15, -0.1) is 0 Å². The summed E-state index contributed by atoms with van der Waals surface area (Å²) in [5.41, 5.74) is -1.87. The van der Waals surface area contributed by atoms with Crippen molar-refractivity contribution >= 4 is 11.8 Å². The minimum absolute atomic E-state index is 0.132. The van der Waals surface area contributed by atoms with Crippen LogP contribution < -0.4 is 10.1 Å². The van der Waals surface area contributed by atoms with Crippen molar-refractivity contribution < 1.29 is 31.9 Å². The van der Waals surface area contributed by atoms with Crippen LogP contribution in [-0.4, -0.2) is 63.3 Å². The predicted octanol–water partition coefficient (Wildman–Crippen LogP) is 4.53. The Hall–Kier alpha value is -3.69. The molecule has 214 valence electrons. The SMILES string of the molecule is COc1cc(-c2cc(C(=O)N3CC[C@H](C(=O)N[C@H]4CC[C@](CC#N)(C(F)(F)F)CC4)CC34CC4)n[nH]2)c(F)cn1. The number of H-pyrrole nitrogens is 1. The van der Waals surface area contributed by atoms with Gasteiger partial charge in [-0.05, 0) is 57.4 Å². The number of amides is 2. The average molecular weight is 563 g/mol. The number of aromatic nitrogens is 3. The lowest BCUT2D eigenvalue weighted by Gasteiger charge is -2.42. The Bertz CT molecular complexity index is 1320. The topological polar surface area (TPSA) is 124 Å². The zero-order chi connectivity index (χ0) is 28.7. The Morgan fingerprint density at radius 3 is 2.58 bits per heavy atom. The monoisotopic (exact) mass is 562 g/mol. The van der Waals surface area contributed by atoms with Gasteiger partial charge in [0, 0.05) is 42.1 Å². The fourth-order valence-electron chi connectivity index (χ4n) is 6.14. The Balaban J connectivity index is 1.20. The first-order valence-electron chi connectivity index (χ1n) is 13.3. The predicted molar refractivity (Wildman–Crippen MR) is 133 cm³/mol. The molecule has 2 aromatic rings. The number of pyridine rings is 1. The quantitative estimate of drug-likeness (QED) is 0.499. The second kappa shape index (κ2) is 10.4. The van der Waals surface area contributed by atoms with Crippen LogP contribution in [0.4, 0.5) is 17.6 Å². The van der Waals surface area contributed by atoms with Crippen LogP contribution in [0, 0.1) is 28.5 Å². The molecule has 2 aromatic heterocycles. The molecule has 0 unspecified atom stereocenters. The zero-order valence-electron chi connectivity index (χ0n) is 22.0. The number of likely N-dealkylation sites (tertiary alicyclic amines) is 1. The van der Waals surface area contributed by atoms with Crippen LogP contribution in [-0.2, 0) is 4.79 Å². The van der Waals surface area contributed by atoms with Gasteiger partial charge in [-0.2, -0.15) is 23.5 Å². The maximum Gasteiger partial charge on any atom is 0.395 e. The summed E-state index contributed by atoms with van der Waals surface area (Å²) in [6, 6.07) is 4.19. The van der Waals surface area contributed by atoms with Crippen LogP contribution in [0.1, 0.15) is 68.3 Å². The van der Waals surface area contributed by atoms with Crippen LogP contribution in [0.15, 0.2) is 18.3 Å². The highest BCUT2D eigenvalue weighted by molar-refractivity contribution is 5.94. The van der Waals surface area contributed by atoms with Gasteiger partial charge in [0.1, 0.15) is 0 Å². The largest absolute Gasteiger partial charge is 0.481 e. The number of nitrogens with zero attached hydrogens (tertiary/aromatic N) is 4. The maximum atomic E-state index is 14.3. The summed E-state index contributed by atoms with van der Waals surface area (Å²) >= 11 is 0. The Morgan fingerprint density at radius 2 is 1.95 bits per heavy atom. The lowest BCUT2D eigenvalue weighted by atomic mass is 9.70. The molecule has 1 aliphatic heterocycles. The number of nitriles is 1. The van der Waals surface area contributed by atoms with E-state index in [0.29, 0.717) is 25.1 Å². The van der Waals surface area contributed by atoms with Crippen molar-refractivity contribution in [1.82, 2.24) is 25.4 Å². The lowest BCUT2D eigenvalue weighted by Crippen LogP contribution is -2.52. The first-order chi connectivity index (χ1) is 19.0. The van der Waals surface area contributed by atoms with E-state index in [0.717, 1.165) is 19.0 Å². The number of rotatable bonds is 6. The summed E-state index contributed by atoms with van der Waals surface area (Å²) in [7, 11) is 1.41. The molecule has 2 saturated carbocycles. The molecule has 13 heteroatoms. The number of methoxy groups -OCH3 is 1. The molecule has 0 radical (unpaired) electrons. The summed E-state index contributed by atoms with van der Waals surface area (Å²) < 4.78 is 60.2. The summed E-state index contributed by atoms with van der Waals surface area (Å²) in [5, 5.41) is 18.7. The fraction of sp³-hybridized carbons (Fsp3) is 0.593. The van der Waals surface area contributed by atoms with Crippen molar-refractivity contribution in [1.29, 1.82) is 5.26 Å². The number of piperidine rings is 1. The minimum Gasteiger partial charge on any atom is -0.481 e. The number of ether oxygens (including phenoxy) is 1. The molecular weight excluding hydrogens is 532 g/mol. The molecule has 2 amide bonds. The van der Waals surface area contributed by atoms with Crippen LogP contribution in [0.2, 0.25) is 0 Å². The molecular formula is C27H30F4N6O3. The van der Waals surface area contributed by atoms with E-state index < -0.39 is 29.4 Å². The van der Waals surface area contributed by atoms with Crippen molar-refractivity contribution in [3.05, 3.63) is 29.8 Å². The normalized spacial score (nSPS) is 25.8. The summed E-state index contributed by atoms with van der Waals surface area (Å²) in [6.07, 6.45) is -1.68. The highest BCUT2D eigenvalue weighted by atomic mass is 19.4. The number of nitrogens with one attached hydrogen (secondary N) is 2. The molecule has 0 aromatic carbocycles. The fourth-order valence-corrected chi connectivity index (χ4v) is 6.14. The van der Waals surface area contributed by atoms with E-state index >= 15 is 0 Å². The Kier molecular flexibility index (Phi) is 7.22. The molecule has 0 bridgehead atoms. The molecule has 3 heterocycles. The van der Waals surface area contributed by atoms with Gasteiger partial charge in [0.15, 0.2) is 11.5 Å². The van der Waals surface area contributed by atoms with Crippen molar-refractivity contribution in [3.63, 3.8) is 0 Å². The van der Waals surface area contributed by atoms with E-state index in [1.807, 2.05) is 0 Å². The van der Waals surface area contributed by atoms with Gasteiger partial charge < -0.3 is 15.0 Å². The van der Waals surface area contributed by atoms with E-state index in [1.54, 1.807) is 11.0 Å². The molecule has 2 aliphatic carbocycles. The second-order valence-electron chi connectivity index (χ2n) is 11.1. The highest BCUT2D eigenvalue weighted by Crippen LogP contribution is 2.52. The Labute approximate surface area is 228 Å². The van der Waals surface area contributed by atoms with Crippen LogP contribution in [0.5, 0.6) is 5.88 Å². The van der Waals surface area contributed by atoms with Gasteiger partial charge in [0.25, 0.3) is 5.91 Å². The van der Waals surface area contributed by atoms with Gasteiger partial charge in [-0.3, -0.25) is 14.7 Å². The number of alkyl halides is 3. The van der Waals surface area contributed by atoms with Gasteiger partial charge >= 0.3 is 6.18 Å². The highest BCUT2D eigenvalue weighted by Gasteiger charge is 2.57. The van der Waals surface area contributed by atoms with E-state index in [2.05, 4.69) is 20.5 Å². The van der Waals surface area contributed by atoms with E-state index in [9.17, 15) is 27.2 Å². The number of carbonyl (C=O) groups excluding carboxylic acids is 2. The van der Waals surface area contributed by atoms with Crippen LogP contribution in [0.3, 0.4) is 0 Å². The third-order valence-corrected chi connectivity index (χ3v) is 8.78. The van der Waals surface area contributed by atoms with E-state index in [1.165, 1.54) is 19.2 Å². The summed E-state index contributed by atoms with van der Waals surface area (Å²) in [5.74, 6) is -1.25. The molecule has 2 N–H and O–H groups in total. The van der Waals surface area contributed by atoms with Gasteiger partial charge in [-0.25, -0.2) is 9.37 Å². The third kappa shape index (κ3) is 5.11. The first kappa shape index (κ1) is 27.9. The van der Waals surface area contributed by atoms with Gasteiger partial charge in [0.05, 0.1) is 30.5 Å². The molecule has 40 heavy (non-hydrogen) atoms. The van der Waals surface area contributed by atoms with E-state index in [4.69, 9.17) is 10.00 Å². The molecule has 9 nitrogen and oxygen atoms in total. The molecule has 3 aliphatic rings. The van der Waals surface area contributed by atoms with Crippen molar-refractivity contribution in [2.75, 3.05) is 13.7 Å². The van der Waals surface area contributed by atoms with E-state index in [-0.39, 0.29) is 66.6 Å². The maximum absolute atomic E-state index is 14.3. The summed E-state index contributed by atoms with van der Waals surface area (Å²) in [4.78, 5) is 32.0. The van der Waals surface area contributed by atoms with Gasteiger partial charge in [0.2, 0.25) is 11.8 Å². The van der Waals surface area contributed by atoms with Crippen molar-refractivity contribution in [2.24, 2.45) is 11.3 Å². The van der Waals surface area contributed by atoms with Crippen LogP contribution in [0.25, 0.3) is 11.3 Å².